The van der Waals surface area contributed by atoms with E-state index in [1.807, 2.05) is 12.2 Å². The van der Waals surface area contributed by atoms with E-state index in [9.17, 15) is 0 Å². The minimum absolute atomic E-state index is 0. The SMILES string of the molecule is Cl.ClC1=C(Cl)C2(Cl)C3C(Cl)C=CC3C1(Cl)C2(Cl)Cl.O.[Ce]. The fourth-order valence-corrected chi connectivity index (χ4v) is 6.60. The molecule has 1 saturated carbocycles. The van der Waals surface area contributed by atoms with Crippen LogP contribution in [0.2, 0.25) is 0 Å². The van der Waals surface area contributed by atoms with Crippen molar-refractivity contribution in [1.82, 2.24) is 0 Å². The van der Waals surface area contributed by atoms with E-state index in [1.54, 1.807) is 0 Å². The first-order valence-corrected chi connectivity index (χ1v) is 7.55. The Morgan fingerprint density at radius 1 is 0.900 bits per heavy atom. The molecule has 0 amide bonds. The summed E-state index contributed by atoms with van der Waals surface area (Å²) in [6.45, 7) is 0. The molecule has 20 heavy (non-hydrogen) atoms. The summed E-state index contributed by atoms with van der Waals surface area (Å²) in [6.07, 6.45) is 3.69. The molecule has 114 valence electrons. The Hall–Kier alpha value is 3.14. The minimum Gasteiger partial charge on any atom is -0.412 e. The fraction of sp³-hybridized carbons (Fsp3) is 0.600. The molecule has 0 aliphatic heterocycles. The van der Waals surface area contributed by atoms with E-state index in [2.05, 4.69) is 0 Å². The zero-order valence-electron chi connectivity index (χ0n) is 9.44. The molecule has 3 aliphatic carbocycles. The Labute approximate surface area is 191 Å². The van der Waals surface area contributed by atoms with Crippen molar-refractivity contribution < 1.29 is 47.2 Å². The van der Waals surface area contributed by atoms with Crippen LogP contribution in [0.5, 0.6) is 0 Å². The van der Waals surface area contributed by atoms with Crippen molar-refractivity contribution in [3.63, 3.8) is 0 Å². The number of halogens is 8. The third kappa shape index (κ3) is 2.22. The molecule has 5 unspecified atom stereocenters. The quantitative estimate of drug-likeness (QED) is 0.297. The van der Waals surface area contributed by atoms with Crippen LogP contribution >= 0.6 is 93.6 Å². The van der Waals surface area contributed by atoms with Gasteiger partial charge in [0.15, 0.2) is 4.33 Å². The fourth-order valence-electron chi connectivity index (χ4n) is 3.08. The van der Waals surface area contributed by atoms with E-state index >= 15 is 0 Å². The molecular weight excluding hydrogens is 560 g/mol. The maximum absolute atomic E-state index is 6.57. The van der Waals surface area contributed by atoms with Crippen molar-refractivity contribution in [1.29, 1.82) is 0 Å². The van der Waals surface area contributed by atoms with Gasteiger partial charge in [0.05, 0.1) is 15.4 Å². The molecule has 10 heteroatoms. The summed E-state index contributed by atoms with van der Waals surface area (Å²) in [5, 5.41) is 0.113. The van der Waals surface area contributed by atoms with Crippen molar-refractivity contribution in [2.75, 3.05) is 0 Å². The summed E-state index contributed by atoms with van der Waals surface area (Å²) in [6, 6.07) is 0. The maximum Gasteiger partial charge on any atom is 0.167 e. The molecule has 0 aromatic carbocycles. The summed E-state index contributed by atoms with van der Waals surface area (Å²) >= 11 is 44.5. The van der Waals surface area contributed by atoms with E-state index in [0.29, 0.717) is 0 Å². The van der Waals surface area contributed by atoms with Crippen LogP contribution in [0, 0.1) is 53.6 Å². The van der Waals surface area contributed by atoms with Gasteiger partial charge in [-0.3, -0.25) is 0 Å². The second-order valence-corrected chi connectivity index (χ2v) is 8.29. The van der Waals surface area contributed by atoms with Gasteiger partial charge in [0.25, 0.3) is 0 Å². The standard InChI is InChI=1S/C10H5Cl7.Ce.ClH.H2O/c11-4-2-1-3-5(4)9(15)7(13)6(12)8(3,14)10(9,16)17;;;/h1-5H;;1H;1H2. The largest absolute Gasteiger partial charge is 0.412 e. The first kappa shape index (κ1) is 23.1. The topological polar surface area (TPSA) is 31.5 Å². The predicted octanol–water partition coefficient (Wildman–Crippen LogP) is 4.84. The zero-order valence-corrected chi connectivity index (χ0v) is 18.7. The van der Waals surface area contributed by atoms with Crippen LogP contribution in [-0.2, 0) is 0 Å². The van der Waals surface area contributed by atoms with Gasteiger partial charge in [-0.15, -0.1) is 47.2 Å². The van der Waals surface area contributed by atoms with Crippen molar-refractivity contribution in [3.05, 3.63) is 22.2 Å². The number of rotatable bonds is 0. The normalized spacial score (nSPS) is 46.5. The summed E-state index contributed by atoms with van der Waals surface area (Å²) in [5.41, 5.74) is 0. The second kappa shape index (κ2) is 6.80. The molecule has 0 heterocycles. The number of alkyl halides is 5. The Morgan fingerprint density at radius 2 is 1.35 bits per heavy atom. The molecule has 1 fully saturated rings. The van der Waals surface area contributed by atoms with Crippen molar-refractivity contribution in [2.24, 2.45) is 11.8 Å². The van der Waals surface area contributed by atoms with E-state index in [4.69, 9.17) is 81.2 Å². The van der Waals surface area contributed by atoms with Crippen molar-refractivity contribution in [2.45, 2.75) is 19.5 Å². The smallest absolute Gasteiger partial charge is 0.167 e. The summed E-state index contributed by atoms with van der Waals surface area (Å²) < 4.78 is -1.48. The van der Waals surface area contributed by atoms with Gasteiger partial charge in [0, 0.05) is 53.6 Å². The molecular formula is C10H8CeCl8O. The molecule has 5 atom stereocenters. The summed E-state index contributed by atoms with van der Waals surface area (Å²) in [5.74, 6) is -0.470. The molecule has 0 radical (unpaired) electrons. The van der Waals surface area contributed by atoms with Gasteiger partial charge >= 0.3 is 0 Å². The number of hydrogen-bond acceptors (Lipinski definition) is 0. The Kier molecular flexibility index (Phi) is 7.87. The van der Waals surface area contributed by atoms with Gasteiger partial charge < -0.3 is 5.48 Å². The van der Waals surface area contributed by atoms with Gasteiger partial charge in [0.2, 0.25) is 0 Å². The van der Waals surface area contributed by atoms with Crippen LogP contribution in [-0.4, -0.2) is 24.9 Å². The first-order valence-electron chi connectivity index (χ1n) is 4.85. The van der Waals surface area contributed by atoms with E-state index < -0.39 is 14.1 Å². The van der Waals surface area contributed by atoms with Crippen LogP contribution < -0.4 is 0 Å². The summed E-state index contributed by atoms with van der Waals surface area (Å²) in [7, 11) is 0. The van der Waals surface area contributed by atoms with Crippen LogP contribution in [0.3, 0.4) is 0 Å². The number of hydrogen-bond donors (Lipinski definition) is 0. The average molecular weight is 568 g/mol. The molecule has 2 bridgehead atoms. The Balaban J connectivity index is 0.00000120. The Bertz CT molecular complexity index is 480. The van der Waals surface area contributed by atoms with Crippen LogP contribution in [0.15, 0.2) is 22.2 Å². The zero-order chi connectivity index (χ0) is 12.8. The molecule has 1 nitrogen and oxygen atoms in total. The van der Waals surface area contributed by atoms with E-state index in [-0.39, 0.29) is 86.9 Å². The van der Waals surface area contributed by atoms with E-state index in [1.165, 1.54) is 0 Å². The number of fused-ring (bicyclic) bond motifs is 5. The summed E-state index contributed by atoms with van der Waals surface area (Å²) in [4.78, 5) is -2.45. The third-order valence-corrected chi connectivity index (χ3v) is 8.61. The maximum atomic E-state index is 6.57. The van der Waals surface area contributed by atoms with Gasteiger partial charge in [0.1, 0.15) is 9.75 Å². The first-order chi connectivity index (χ1) is 7.70. The van der Waals surface area contributed by atoms with Crippen LogP contribution in [0.1, 0.15) is 0 Å². The third-order valence-electron chi connectivity index (χ3n) is 3.90. The minimum atomic E-state index is -1.48. The Morgan fingerprint density at radius 3 is 1.85 bits per heavy atom. The molecule has 0 saturated heterocycles. The van der Waals surface area contributed by atoms with Gasteiger partial charge in [-0.2, -0.15) is 0 Å². The van der Waals surface area contributed by atoms with Gasteiger partial charge in [-0.05, 0) is 0 Å². The van der Waals surface area contributed by atoms with Gasteiger partial charge in [-0.25, -0.2) is 0 Å². The van der Waals surface area contributed by atoms with Gasteiger partial charge in [-0.1, -0.05) is 58.6 Å². The molecule has 3 aliphatic rings. The van der Waals surface area contributed by atoms with Crippen LogP contribution in [0.25, 0.3) is 0 Å². The monoisotopic (exact) mass is 564 g/mol. The number of allylic oxidation sites excluding steroid dienone is 4. The molecule has 2 N–H and O–H groups in total. The van der Waals surface area contributed by atoms with Crippen molar-refractivity contribution >= 4 is 93.6 Å². The molecule has 3 rings (SSSR count). The average Bonchev–Trinajstić information content (AvgIpc) is 2.73. The van der Waals surface area contributed by atoms with Crippen molar-refractivity contribution in [3.8, 4) is 0 Å². The second-order valence-electron chi connectivity index (χ2n) is 4.51. The molecule has 0 aromatic heterocycles. The molecule has 0 aromatic rings. The predicted molar refractivity (Wildman–Crippen MR) is 87.0 cm³/mol. The molecule has 0 spiro atoms. The van der Waals surface area contributed by atoms with E-state index in [0.717, 1.165) is 0 Å². The van der Waals surface area contributed by atoms with Crippen LogP contribution in [0.4, 0.5) is 0 Å².